The molecule has 0 atom stereocenters. The van der Waals surface area contributed by atoms with Crippen LogP contribution in [0.1, 0.15) is 11.1 Å². The van der Waals surface area contributed by atoms with Gasteiger partial charge < -0.3 is 5.32 Å². The van der Waals surface area contributed by atoms with E-state index >= 15 is 0 Å². The highest BCUT2D eigenvalue weighted by Crippen LogP contribution is 2.19. The molecule has 7 heteroatoms. The predicted octanol–water partition coefficient (Wildman–Crippen LogP) is 3.19. The Morgan fingerprint density at radius 1 is 1.35 bits per heavy atom. The first-order chi connectivity index (χ1) is 9.47. The number of aryl methyl sites for hydroxylation is 1. The molecule has 20 heavy (non-hydrogen) atoms. The van der Waals surface area contributed by atoms with Crippen LogP contribution in [-0.2, 0) is 6.54 Å². The summed E-state index contributed by atoms with van der Waals surface area (Å²) in [5.74, 6) is -0.672. The van der Waals surface area contributed by atoms with Crippen molar-refractivity contribution in [3.8, 4) is 0 Å². The quantitative estimate of drug-likeness (QED) is 0.689. The Labute approximate surface area is 113 Å². The molecule has 0 amide bonds. The average Bonchev–Trinajstić information content (AvgIpc) is 2.40. The number of rotatable bonds is 4. The summed E-state index contributed by atoms with van der Waals surface area (Å²) in [6.07, 6.45) is 1.11. The molecule has 0 bridgehead atoms. The lowest BCUT2D eigenvalue weighted by molar-refractivity contribution is -0.385. The van der Waals surface area contributed by atoms with Crippen LogP contribution in [0.4, 0.5) is 20.3 Å². The number of pyridine rings is 1. The summed E-state index contributed by atoms with van der Waals surface area (Å²) in [4.78, 5) is 13.9. The predicted molar refractivity (Wildman–Crippen MR) is 69.3 cm³/mol. The summed E-state index contributed by atoms with van der Waals surface area (Å²) in [6, 6.07) is 4.52. The Morgan fingerprint density at radius 2 is 2.10 bits per heavy atom. The van der Waals surface area contributed by atoms with E-state index in [1.807, 2.05) is 0 Å². The molecule has 0 spiro atoms. The number of nitrogens with one attached hydrogen (secondary N) is 1. The molecule has 0 aliphatic rings. The Hall–Kier alpha value is -2.57. The molecule has 0 fully saturated rings. The number of anilines is 1. The Bertz CT molecular complexity index is 662. The number of halogens is 2. The van der Waals surface area contributed by atoms with Crippen molar-refractivity contribution in [1.82, 2.24) is 4.98 Å². The van der Waals surface area contributed by atoms with Gasteiger partial charge in [0.2, 0.25) is 0 Å². The van der Waals surface area contributed by atoms with Gasteiger partial charge in [0.05, 0.1) is 4.92 Å². The summed E-state index contributed by atoms with van der Waals surface area (Å²) in [6.45, 7) is 1.68. The van der Waals surface area contributed by atoms with Crippen LogP contribution in [0.15, 0.2) is 30.5 Å². The van der Waals surface area contributed by atoms with Crippen LogP contribution in [0.3, 0.4) is 0 Å². The van der Waals surface area contributed by atoms with E-state index in [1.54, 1.807) is 6.92 Å². The number of hydrogen-bond donors (Lipinski definition) is 1. The largest absolute Gasteiger partial charge is 0.366 e. The van der Waals surface area contributed by atoms with Gasteiger partial charge in [-0.15, -0.1) is 0 Å². The molecule has 1 N–H and O–H groups in total. The van der Waals surface area contributed by atoms with Gasteiger partial charge in [0, 0.05) is 18.2 Å². The van der Waals surface area contributed by atoms with Gasteiger partial charge in [-0.1, -0.05) is 0 Å². The van der Waals surface area contributed by atoms with Crippen LogP contribution in [0.2, 0.25) is 0 Å². The molecule has 0 unspecified atom stereocenters. The maximum absolute atomic E-state index is 13.4. The van der Waals surface area contributed by atoms with Gasteiger partial charge in [0.25, 0.3) is 5.69 Å². The minimum absolute atomic E-state index is 0.0369. The van der Waals surface area contributed by atoms with Crippen LogP contribution in [0.25, 0.3) is 0 Å². The minimum atomic E-state index is -0.546. The van der Waals surface area contributed by atoms with Crippen LogP contribution in [0, 0.1) is 28.7 Å². The molecule has 5 nitrogen and oxygen atoms in total. The highest BCUT2D eigenvalue weighted by molar-refractivity contribution is 5.48. The van der Waals surface area contributed by atoms with Crippen molar-refractivity contribution in [2.24, 2.45) is 0 Å². The molecule has 1 heterocycles. The van der Waals surface area contributed by atoms with E-state index in [1.165, 1.54) is 6.07 Å². The maximum Gasteiger partial charge on any atom is 0.287 e. The molecule has 0 aliphatic carbocycles. The minimum Gasteiger partial charge on any atom is -0.366 e. The molecule has 104 valence electrons. The van der Waals surface area contributed by atoms with Gasteiger partial charge in [-0.2, -0.15) is 0 Å². The maximum atomic E-state index is 13.4. The van der Waals surface area contributed by atoms with Crippen LogP contribution >= 0.6 is 0 Å². The van der Waals surface area contributed by atoms with Gasteiger partial charge in [0.15, 0.2) is 0 Å². The first-order valence-electron chi connectivity index (χ1n) is 5.76. The van der Waals surface area contributed by atoms with Crippen molar-refractivity contribution in [1.29, 1.82) is 0 Å². The highest BCUT2D eigenvalue weighted by atomic mass is 19.1. The smallest absolute Gasteiger partial charge is 0.287 e. The number of nitro groups is 1. The number of aromatic nitrogens is 1. The van der Waals surface area contributed by atoms with Crippen molar-refractivity contribution >= 4 is 11.5 Å². The van der Waals surface area contributed by atoms with Crippen LogP contribution < -0.4 is 5.32 Å². The van der Waals surface area contributed by atoms with Gasteiger partial charge >= 0.3 is 0 Å². The highest BCUT2D eigenvalue weighted by Gasteiger charge is 2.10. The van der Waals surface area contributed by atoms with Crippen LogP contribution in [-0.4, -0.2) is 9.91 Å². The summed E-state index contributed by atoms with van der Waals surface area (Å²) >= 11 is 0. The first-order valence-corrected chi connectivity index (χ1v) is 5.76. The Morgan fingerprint density at radius 3 is 2.75 bits per heavy atom. The van der Waals surface area contributed by atoms with E-state index in [0.717, 1.165) is 24.4 Å². The molecule has 0 radical (unpaired) electrons. The van der Waals surface area contributed by atoms with Crippen LogP contribution in [0.5, 0.6) is 0 Å². The summed E-state index contributed by atoms with van der Waals surface area (Å²) in [7, 11) is 0. The first kappa shape index (κ1) is 13.9. The third-order valence-electron chi connectivity index (χ3n) is 2.73. The topological polar surface area (TPSA) is 68.1 Å². The van der Waals surface area contributed by atoms with E-state index < -0.39 is 16.6 Å². The van der Waals surface area contributed by atoms with E-state index in [4.69, 9.17) is 0 Å². The van der Waals surface area contributed by atoms with Crippen molar-refractivity contribution in [3.05, 3.63) is 63.3 Å². The zero-order chi connectivity index (χ0) is 14.7. The van der Waals surface area contributed by atoms with Gasteiger partial charge in [-0.05, 0) is 30.7 Å². The molecule has 1 aromatic carbocycles. The summed E-state index contributed by atoms with van der Waals surface area (Å²) in [5.41, 5.74) is 0.588. The van der Waals surface area contributed by atoms with Crippen molar-refractivity contribution in [3.63, 3.8) is 0 Å². The summed E-state index contributed by atoms with van der Waals surface area (Å²) < 4.78 is 26.4. The van der Waals surface area contributed by atoms with Gasteiger partial charge in [-0.25, -0.2) is 13.8 Å². The molecule has 0 saturated carbocycles. The average molecular weight is 279 g/mol. The number of nitrogens with zero attached hydrogens (tertiary/aromatic N) is 2. The van der Waals surface area contributed by atoms with Crippen molar-refractivity contribution in [2.45, 2.75) is 13.5 Å². The molecule has 2 aromatic rings. The Balaban J connectivity index is 2.15. The SMILES string of the molecule is Cc1cc([N+](=O)[O-])cnc1NCc1cc(F)ccc1F. The second-order valence-corrected chi connectivity index (χ2v) is 4.21. The monoisotopic (exact) mass is 279 g/mol. The Kier molecular flexibility index (Phi) is 3.88. The molecule has 1 aromatic heterocycles. The molecule has 0 aliphatic heterocycles. The third-order valence-corrected chi connectivity index (χ3v) is 2.73. The van der Waals surface area contributed by atoms with E-state index in [2.05, 4.69) is 10.3 Å². The second kappa shape index (κ2) is 5.60. The molecule has 2 rings (SSSR count). The second-order valence-electron chi connectivity index (χ2n) is 4.21. The van der Waals surface area contributed by atoms with E-state index in [-0.39, 0.29) is 17.8 Å². The van der Waals surface area contributed by atoms with Crippen molar-refractivity contribution in [2.75, 3.05) is 5.32 Å². The fourth-order valence-corrected chi connectivity index (χ4v) is 1.70. The molecule has 0 saturated heterocycles. The molecular weight excluding hydrogens is 268 g/mol. The summed E-state index contributed by atoms with van der Waals surface area (Å²) in [5, 5.41) is 13.4. The lowest BCUT2D eigenvalue weighted by atomic mass is 10.2. The standard InChI is InChI=1S/C13H11F2N3O2/c1-8-4-11(18(19)20)7-17-13(8)16-6-9-5-10(14)2-3-12(9)15/h2-5,7H,6H2,1H3,(H,16,17). The van der Waals surface area contributed by atoms with E-state index in [9.17, 15) is 18.9 Å². The van der Waals surface area contributed by atoms with Crippen molar-refractivity contribution < 1.29 is 13.7 Å². The van der Waals surface area contributed by atoms with Gasteiger partial charge in [-0.3, -0.25) is 10.1 Å². The zero-order valence-corrected chi connectivity index (χ0v) is 10.6. The van der Waals surface area contributed by atoms with E-state index in [0.29, 0.717) is 11.4 Å². The van der Waals surface area contributed by atoms with Gasteiger partial charge in [0.1, 0.15) is 23.6 Å². The number of benzene rings is 1. The fraction of sp³-hybridized carbons (Fsp3) is 0.154. The lowest BCUT2D eigenvalue weighted by Gasteiger charge is -2.09. The normalized spacial score (nSPS) is 10.3. The molecular formula is C13H11F2N3O2. The third kappa shape index (κ3) is 3.05. The fourth-order valence-electron chi connectivity index (χ4n) is 1.70. The lowest BCUT2D eigenvalue weighted by Crippen LogP contribution is -2.05. The zero-order valence-electron chi connectivity index (χ0n) is 10.6. The number of hydrogen-bond acceptors (Lipinski definition) is 4.